The number of hydrogen-bond donors (Lipinski definition) is 0. The number of pyridine rings is 1. The minimum atomic E-state index is 0.679. The maximum Gasteiger partial charge on any atom is 0.113 e. The van der Waals surface area contributed by atoms with Gasteiger partial charge in [-0.2, -0.15) is 5.26 Å². The maximum absolute atomic E-state index is 8.97. The van der Waals surface area contributed by atoms with Crippen molar-refractivity contribution in [2.24, 2.45) is 0 Å². The van der Waals surface area contributed by atoms with Gasteiger partial charge in [0.15, 0.2) is 0 Å². The van der Waals surface area contributed by atoms with Crippen LogP contribution in [0.2, 0.25) is 0 Å². The van der Waals surface area contributed by atoms with Gasteiger partial charge in [-0.3, -0.25) is 4.98 Å². The van der Waals surface area contributed by atoms with Gasteiger partial charge in [0.1, 0.15) is 5.52 Å². The van der Waals surface area contributed by atoms with E-state index in [-0.39, 0.29) is 0 Å². The Bertz CT molecular complexity index is 780. The summed E-state index contributed by atoms with van der Waals surface area (Å²) < 4.78 is 1.66. The molecule has 0 saturated heterocycles. The molecule has 19 heavy (non-hydrogen) atoms. The first kappa shape index (κ1) is 11.1. The monoisotopic (exact) mass is 247 g/mol. The molecule has 1 aromatic carbocycles. The molecule has 3 aromatic rings. The molecule has 0 radical (unpaired) electrons. The molecule has 0 amide bonds. The summed E-state index contributed by atoms with van der Waals surface area (Å²) in [5.74, 6) is 0. The van der Waals surface area contributed by atoms with Crippen molar-refractivity contribution in [1.29, 1.82) is 5.26 Å². The van der Waals surface area contributed by atoms with Gasteiger partial charge in [-0.15, -0.1) is 5.10 Å². The molecular weight excluding hydrogens is 238 g/mol. The molecule has 5 nitrogen and oxygen atoms in total. The van der Waals surface area contributed by atoms with Crippen LogP contribution in [0.25, 0.3) is 16.7 Å². The molecule has 2 heterocycles. The number of aromatic nitrogens is 4. The Kier molecular flexibility index (Phi) is 2.75. The van der Waals surface area contributed by atoms with Crippen molar-refractivity contribution in [3.8, 4) is 6.07 Å². The number of rotatable bonds is 2. The summed E-state index contributed by atoms with van der Waals surface area (Å²) in [6.45, 7) is 0. The van der Waals surface area contributed by atoms with Crippen molar-refractivity contribution in [3.05, 3.63) is 60.4 Å². The van der Waals surface area contributed by atoms with Crippen LogP contribution in [0.15, 0.2) is 54.9 Å². The largest absolute Gasteiger partial charge is 0.265 e. The Morgan fingerprint density at radius 1 is 1.16 bits per heavy atom. The number of hydrogen-bond acceptors (Lipinski definition) is 4. The highest BCUT2D eigenvalue weighted by Crippen LogP contribution is 2.20. The highest BCUT2D eigenvalue weighted by molar-refractivity contribution is 5.81. The summed E-state index contributed by atoms with van der Waals surface area (Å²) in [5, 5.41) is 17.2. The zero-order valence-corrected chi connectivity index (χ0v) is 9.93. The average Bonchev–Trinajstić information content (AvgIpc) is 2.89. The second kappa shape index (κ2) is 4.70. The van der Waals surface area contributed by atoms with Crippen molar-refractivity contribution < 1.29 is 0 Å². The average molecular weight is 247 g/mol. The van der Waals surface area contributed by atoms with Crippen LogP contribution in [0.5, 0.6) is 0 Å². The Morgan fingerprint density at radius 2 is 1.95 bits per heavy atom. The van der Waals surface area contributed by atoms with E-state index in [4.69, 9.17) is 5.26 Å². The van der Waals surface area contributed by atoms with Gasteiger partial charge in [0.05, 0.1) is 17.3 Å². The van der Waals surface area contributed by atoms with Crippen molar-refractivity contribution in [2.75, 3.05) is 0 Å². The van der Waals surface area contributed by atoms with E-state index in [1.165, 1.54) is 6.08 Å². The number of para-hydroxylation sites is 1. The molecular formula is C14H9N5. The second-order valence-electron chi connectivity index (χ2n) is 3.88. The minimum absolute atomic E-state index is 0.679. The maximum atomic E-state index is 8.97. The fourth-order valence-corrected chi connectivity index (χ4v) is 1.90. The third kappa shape index (κ3) is 1.96. The van der Waals surface area contributed by atoms with Gasteiger partial charge in [-0.05, 0) is 24.3 Å². The van der Waals surface area contributed by atoms with Crippen LogP contribution in [0.3, 0.4) is 0 Å². The lowest BCUT2D eigenvalue weighted by atomic mass is 10.2. The van der Waals surface area contributed by atoms with E-state index in [1.54, 1.807) is 17.1 Å². The van der Waals surface area contributed by atoms with Crippen molar-refractivity contribution in [3.63, 3.8) is 0 Å². The smallest absolute Gasteiger partial charge is 0.113 e. The summed E-state index contributed by atoms with van der Waals surface area (Å²) in [6, 6.07) is 13.3. The van der Waals surface area contributed by atoms with Crippen LogP contribution in [-0.4, -0.2) is 20.0 Å². The topological polar surface area (TPSA) is 67.4 Å². The minimum Gasteiger partial charge on any atom is -0.265 e. The van der Waals surface area contributed by atoms with E-state index in [0.717, 1.165) is 16.6 Å². The quantitative estimate of drug-likeness (QED) is 0.651. The molecule has 90 valence electrons. The number of fused-ring (bicyclic) bond motifs is 1. The van der Waals surface area contributed by atoms with Crippen molar-refractivity contribution in [2.45, 2.75) is 0 Å². The van der Waals surface area contributed by atoms with E-state index in [2.05, 4.69) is 15.3 Å². The highest BCUT2D eigenvalue weighted by atomic mass is 15.4. The van der Waals surface area contributed by atoms with Crippen LogP contribution in [-0.2, 0) is 0 Å². The van der Waals surface area contributed by atoms with Gasteiger partial charge in [-0.25, -0.2) is 4.68 Å². The third-order valence-corrected chi connectivity index (χ3v) is 2.76. The van der Waals surface area contributed by atoms with Crippen LogP contribution in [0.4, 0.5) is 0 Å². The van der Waals surface area contributed by atoms with Gasteiger partial charge in [0, 0.05) is 24.0 Å². The van der Waals surface area contributed by atoms with Crippen LogP contribution in [0, 0.1) is 11.3 Å². The predicted molar refractivity (Wildman–Crippen MR) is 70.8 cm³/mol. The molecule has 0 aliphatic rings. The lowest BCUT2D eigenvalue weighted by molar-refractivity contribution is 0.841. The Balaban J connectivity index is 2.23. The van der Waals surface area contributed by atoms with E-state index in [0.29, 0.717) is 5.70 Å². The first-order valence-corrected chi connectivity index (χ1v) is 5.71. The Hall–Kier alpha value is -3.00. The molecule has 0 saturated carbocycles. The molecule has 0 spiro atoms. The Labute approximate surface area is 109 Å². The number of allylic oxidation sites excluding steroid dienone is 1. The first-order chi connectivity index (χ1) is 9.40. The molecule has 0 N–H and O–H groups in total. The SMILES string of the molecule is N#C/C=C(/c1ccncc1)n1nnc2ccccc21. The zero-order valence-electron chi connectivity index (χ0n) is 9.93. The van der Waals surface area contributed by atoms with Crippen LogP contribution < -0.4 is 0 Å². The lowest BCUT2D eigenvalue weighted by Crippen LogP contribution is -2.01. The van der Waals surface area contributed by atoms with Gasteiger partial charge in [-0.1, -0.05) is 17.3 Å². The number of nitriles is 1. The summed E-state index contributed by atoms with van der Waals surface area (Å²) in [4.78, 5) is 3.98. The van der Waals surface area contributed by atoms with E-state index in [9.17, 15) is 0 Å². The molecule has 0 bridgehead atoms. The fourth-order valence-electron chi connectivity index (χ4n) is 1.90. The van der Waals surface area contributed by atoms with Crippen LogP contribution >= 0.6 is 0 Å². The highest BCUT2D eigenvalue weighted by Gasteiger charge is 2.10. The van der Waals surface area contributed by atoms with E-state index < -0.39 is 0 Å². The van der Waals surface area contributed by atoms with Crippen LogP contribution in [0.1, 0.15) is 5.56 Å². The standard InChI is InChI=1S/C14H9N5/c15-8-5-13(11-6-9-16-10-7-11)19-14-4-2-1-3-12(14)17-18-19/h1-7,9-10H/b13-5-. The molecule has 0 aliphatic carbocycles. The third-order valence-electron chi connectivity index (χ3n) is 2.76. The molecule has 3 rings (SSSR count). The molecule has 0 fully saturated rings. The summed E-state index contributed by atoms with van der Waals surface area (Å²) in [6.07, 6.45) is 4.82. The van der Waals surface area contributed by atoms with E-state index >= 15 is 0 Å². The molecule has 0 unspecified atom stereocenters. The van der Waals surface area contributed by atoms with Gasteiger partial charge in [0.2, 0.25) is 0 Å². The second-order valence-corrected chi connectivity index (χ2v) is 3.88. The van der Waals surface area contributed by atoms with Gasteiger partial charge < -0.3 is 0 Å². The number of benzene rings is 1. The first-order valence-electron chi connectivity index (χ1n) is 5.71. The molecule has 0 atom stereocenters. The summed E-state index contributed by atoms with van der Waals surface area (Å²) in [5.41, 5.74) is 3.20. The molecule has 5 heteroatoms. The molecule has 2 aromatic heterocycles. The van der Waals surface area contributed by atoms with Crippen molar-refractivity contribution >= 4 is 16.7 Å². The van der Waals surface area contributed by atoms with E-state index in [1.807, 2.05) is 42.5 Å². The fraction of sp³-hybridized carbons (Fsp3) is 0. The summed E-state index contributed by atoms with van der Waals surface area (Å²) >= 11 is 0. The summed E-state index contributed by atoms with van der Waals surface area (Å²) in [7, 11) is 0. The van der Waals surface area contributed by atoms with Gasteiger partial charge in [0.25, 0.3) is 0 Å². The number of nitrogens with zero attached hydrogens (tertiary/aromatic N) is 5. The zero-order chi connectivity index (χ0) is 13.1. The predicted octanol–water partition coefficient (Wildman–Crippen LogP) is 2.24. The normalized spacial score (nSPS) is 11.4. The van der Waals surface area contributed by atoms with Crippen molar-refractivity contribution in [1.82, 2.24) is 20.0 Å². The molecule has 0 aliphatic heterocycles. The lowest BCUT2D eigenvalue weighted by Gasteiger charge is -2.06. The Morgan fingerprint density at radius 3 is 2.74 bits per heavy atom. The van der Waals surface area contributed by atoms with Gasteiger partial charge >= 0.3 is 0 Å².